The van der Waals surface area contributed by atoms with E-state index < -0.39 is 6.10 Å². The number of rotatable bonds is 3. The van der Waals surface area contributed by atoms with Crippen molar-refractivity contribution in [2.45, 2.75) is 12.0 Å². The Kier molecular flexibility index (Phi) is 3.26. The SMILES string of the molecule is CN1CC(c2ccc3ncc(C(O)c4ccc5nccn5c4)n3n2)C=N1. The highest BCUT2D eigenvalue weighted by Crippen LogP contribution is 2.24. The van der Waals surface area contributed by atoms with E-state index >= 15 is 0 Å². The van der Waals surface area contributed by atoms with Gasteiger partial charge in [0.1, 0.15) is 11.8 Å². The van der Waals surface area contributed by atoms with Crippen LogP contribution in [0.2, 0.25) is 0 Å². The van der Waals surface area contributed by atoms with Gasteiger partial charge in [-0.3, -0.25) is 5.01 Å². The van der Waals surface area contributed by atoms with Crippen LogP contribution in [0.1, 0.15) is 29.0 Å². The van der Waals surface area contributed by atoms with E-state index in [0.29, 0.717) is 11.3 Å². The molecule has 4 aromatic rings. The van der Waals surface area contributed by atoms with Gasteiger partial charge in [0.05, 0.1) is 23.5 Å². The van der Waals surface area contributed by atoms with Gasteiger partial charge in [-0.2, -0.15) is 10.2 Å². The Bertz CT molecular complexity index is 1130. The average Bonchev–Trinajstić information content (AvgIpc) is 3.38. The molecule has 0 radical (unpaired) electrons. The van der Waals surface area contributed by atoms with E-state index in [1.54, 1.807) is 16.9 Å². The summed E-state index contributed by atoms with van der Waals surface area (Å²) in [6.07, 6.45) is 8.19. The Morgan fingerprint density at radius 1 is 1.15 bits per heavy atom. The van der Waals surface area contributed by atoms with Gasteiger partial charge in [0.25, 0.3) is 0 Å². The zero-order chi connectivity index (χ0) is 17.7. The van der Waals surface area contributed by atoms with Crippen LogP contribution >= 0.6 is 0 Å². The summed E-state index contributed by atoms with van der Waals surface area (Å²) >= 11 is 0. The topological polar surface area (TPSA) is 83.3 Å². The van der Waals surface area contributed by atoms with Gasteiger partial charge in [-0.05, 0) is 18.2 Å². The van der Waals surface area contributed by atoms with Crippen molar-refractivity contribution in [3.63, 3.8) is 0 Å². The highest BCUT2D eigenvalue weighted by molar-refractivity contribution is 5.69. The van der Waals surface area contributed by atoms with Crippen LogP contribution in [0.25, 0.3) is 11.3 Å². The summed E-state index contributed by atoms with van der Waals surface area (Å²) in [5, 5.41) is 21.8. The van der Waals surface area contributed by atoms with Crippen LogP contribution < -0.4 is 0 Å². The molecule has 0 aromatic carbocycles. The number of hydrazone groups is 1. The monoisotopic (exact) mass is 347 g/mol. The third kappa shape index (κ3) is 2.34. The number of hydrogen-bond donors (Lipinski definition) is 1. The average molecular weight is 347 g/mol. The molecule has 5 rings (SSSR count). The first-order valence-electron chi connectivity index (χ1n) is 8.39. The molecule has 5 heterocycles. The van der Waals surface area contributed by atoms with E-state index in [4.69, 9.17) is 5.10 Å². The highest BCUT2D eigenvalue weighted by Gasteiger charge is 2.21. The summed E-state index contributed by atoms with van der Waals surface area (Å²) in [7, 11) is 1.94. The first-order valence-corrected chi connectivity index (χ1v) is 8.39. The zero-order valence-electron chi connectivity index (χ0n) is 14.1. The van der Waals surface area contributed by atoms with Crippen LogP contribution in [0.5, 0.6) is 0 Å². The van der Waals surface area contributed by atoms with E-state index in [2.05, 4.69) is 15.1 Å². The molecular formula is C18H17N7O. The predicted octanol–water partition coefficient (Wildman–Crippen LogP) is 1.47. The summed E-state index contributed by atoms with van der Waals surface area (Å²) in [6.45, 7) is 0.794. The second-order valence-corrected chi connectivity index (χ2v) is 6.48. The van der Waals surface area contributed by atoms with Crippen molar-refractivity contribution in [3.8, 4) is 0 Å². The third-order valence-electron chi connectivity index (χ3n) is 4.70. The molecule has 26 heavy (non-hydrogen) atoms. The fourth-order valence-corrected chi connectivity index (χ4v) is 3.30. The molecule has 0 bridgehead atoms. The number of fused-ring (bicyclic) bond motifs is 2. The predicted molar refractivity (Wildman–Crippen MR) is 96.1 cm³/mol. The number of nitrogens with zero attached hydrogens (tertiary/aromatic N) is 7. The first kappa shape index (κ1) is 15.0. The number of likely N-dealkylation sites (N-methyl/N-ethyl adjacent to an activating group) is 1. The number of hydrogen-bond acceptors (Lipinski definition) is 6. The lowest BCUT2D eigenvalue weighted by Gasteiger charge is -2.13. The van der Waals surface area contributed by atoms with Crippen molar-refractivity contribution in [2.24, 2.45) is 5.10 Å². The maximum Gasteiger partial charge on any atom is 0.153 e. The van der Waals surface area contributed by atoms with Gasteiger partial charge in [-0.1, -0.05) is 6.07 Å². The van der Waals surface area contributed by atoms with Gasteiger partial charge in [-0.15, -0.1) is 0 Å². The third-order valence-corrected chi connectivity index (χ3v) is 4.70. The maximum atomic E-state index is 10.9. The number of aliphatic hydroxyl groups excluding tert-OH is 1. The highest BCUT2D eigenvalue weighted by atomic mass is 16.3. The number of pyridine rings is 1. The zero-order valence-corrected chi connectivity index (χ0v) is 14.1. The maximum absolute atomic E-state index is 10.9. The molecule has 4 aromatic heterocycles. The van der Waals surface area contributed by atoms with Gasteiger partial charge in [0, 0.05) is 44.0 Å². The number of aromatic nitrogens is 5. The smallest absolute Gasteiger partial charge is 0.153 e. The molecule has 8 nitrogen and oxygen atoms in total. The second-order valence-electron chi connectivity index (χ2n) is 6.48. The molecule has 0 saturated carbocycles. The number of aliphatic hydroxyl groups is 1. The van der Waals surface area contributed by atoms with Gasteiger partial charge in [0.15, 0.2) is 5.65 Å². The minimum atomic E-state index is -0.834. The molecule has 2 atom stereocenters. The van der Waals surface area contributed by atoms with E-state index in [9.17, 15) is 5.11 Å². The Labute approximate surface area is 149 Å². The summed E-state index contributed by atoms with van der Waals surface area (Å²) in [6, 6.07) is 7.63. The van der Waals surface area contributed by atoms with Crippen molar-refractivity contribution in [1.82, 2.24) is 29.0 Å². The molecule has 2 unspecified atom stereocenters. The van der Waals surface area contributed by atoms with Crippen LogP contribution in [0, 0.1) is 0 Å². The summed E-state index contributed by atoms with van der Waals surface area (Å²) in [5.41, 5.74) is 3.83. The Morgan fingerprint density at radius 2 is 2.04 bits per heavy atom. The lowest BCUT2D eigenvalue weighted by molar-refractivity contribution is 0.212. The molecular weight excluding hydrogens is 330 g/mol. The molecule has 1 aliphatic heterocycles. The minimum Gasteiger partial charge on any atom is -0.382 e. The molecule has 130 valence electrons. The molecule has 0 spiro atoms. The van der Waals surface area contributed by atoms with Crippen LogP contribution in [0.15, 0.2) is 54.2 Å². The van der Waals surface area contributed by atoms with Crippen molar-refractivity contribution in [2.75, 3.05) is 13.6 Å². The molecule has 1 aliphatic rings. The van der Waals surface area contributed by atoms with E-state index in [1.165, 1.54) is 0 Å². The molecule has 8 heteroatoms. The molecule has 0 fully saturated rings. The van der Waals surface area contributed by atoms with Crippen LogP contribution in [-0.2, 0) is 0 Å². The second kappa shape index (κ2) is 5.63. The van der Waals surface area contributed by atoms with Crippen molar-refractivity contribution < 1.29 is 5.11 Å². The van der Waals surface area contributed by atoms with Crippen molar-refractivity contribution in [1.29, 1.82) is 0 Å². The fraction of sp³-hybridized carbons (Fsp3) is 0.222. The minimum absolute atomic E-state index is 0.138. The first-order chi connectivity index (χ1) is 12.7. The molecule has 1 N–H and O–H groups in total. The van der Waals surface area contributed by atoms with Crippen LogP contribution in [0.3, 0.4) is 0 Å². The van der Waals surface area contributed by atoms with Crippen molar-refractivity contribution >= 4 is 17.5 Å². The number of imidazole rings is 2. The Balaban J connectivity index is 1.56. The lowest BCUT2D eigenvalue weighted by atomic mass is 10.1. The summed E-state index contributed by atoms with van der Waals surface area (Å²) in [4.78, 5) is 8.61. The van der Waals surface area contributed by atoms with Gasteiger partial charge >= 0.3 is 0 Å². The summed E-state index contributed by atoms with van der Waals surface area (Å²) < 4.78 is 3.59. The van der Waals surface area contributed by atoms with Gasteiger partial charge < -0.3 is 9.51 Å². The largest absolute Gasteiger partial charge is 0.382 e. The Hall–Kier alpha value is -3.26. The standard InChI is InChI=1S/C18H17N7O/c1-23-10-13(8-21-23)14-3-5-17-20-9-15(25(17)22-14)18(26)12-2-4-16-19-6-7-24(16)11-12/h2-9,11,13,18,26H,10H2,1H3. The van der Waals surface area contributed by atoms with Crippen LogP contribution in [-0.4, -0.2) is 53.9 Å². The van der Waals surface area contributed by atoms with E-state index in [-0.39, 0.29) is 5.92 Å². The summed E-state index contributed by atoms with van der Waals surface area (Å²) in [5.74, 6) is 0.138. The van der Waals surface area contributed by atoms with E-state index in [0.717, 1.165) is 23.4 Å². The van der Waals surface area contributed by atoms with Gasteiger partial charge in [0.2, 0.25) is 0 Å². The normalized spacial score (nSPS) is 18.2. The molecule has 0 amide bonds. The quantitative estimate of drug-likeness (QED) is 0.607. The van der Waals surface area contributed by atoms with Gasteiger partial charge in [-0.25, -0.2) is 14.5 Å². The van der Waals surface area contributed by atoms with Crippen molar-refractivity contribution in [3.05, 3.63) is 66.0 Å². The van der Waals surface area contributed by atoms with E-state index in [1.807, 2.05) is 59.3 Å². The Morgan fingerprint density at radius 3 is 2.88 bits per heavy atom. The molecule has 0 saturated heterocycles. The van der Waals surface area contributed by atoms with Crippen LogP contribution in [0.4, 0.5) is 0 Å². The fourth-order valence-electron chi connectivity index (χ4n) is 3.30. The lowest BCUT2D eigenvalue weighted by Crippen LogP contribution is -2.15. The molecule has 0 aliphatic carbocycles.